The van der Waals surface area contributed by atoms with Crippen LogP contribution in [-0.2, 0) is 0 Å². The van der Waals surface area contributed by atoms with E-state index in [1.54, 1.807) is 0 Å². The summed E-state index contributed by atoms with van der Waals surface area (Å²) in [7, 11) is 0. The van der Waals surface area contributed by atoms with Crippen LogP contribution in [0.5, 0.6) is 0 Å². The second-order valence-electron chi connectivity index (χ2n) is 4.67. The third kappa shape index (κ3) is 4.28. The zero-order valence-corrected chi connectivity index (χ0v) is 9.65. The molecule has 0 spiro atoms. The molecule has 82 valence electrons. The predicted molar refractivity (Wildman–Crippen MR) is 63.5 cm³/mol. The molecule has 14 heavy (non-hydrogen) atoms. The standard InChI is InChI=1S/C13H25N/c1-3-5-6-7-8-11-14-12-13(4-2)9-10-13/h3,14H,1,4-12H2,2H3. The SMILES string of the molecule is C=CCCCCCNCC1(CC)CC1. The number of hydrogen-bond acceptors (Lipinski definition) is 1. The highest BCUT2D eigenvalue weighted by Gasteiger charge is 2.39. The minimum atomic E-state index is 0.709. The van der Waals surface area contributed by atoms with Crippen LogP contribution in [0.1, 0.15) is 51.9 Å². The molecule has 0 heterocycles. The van der Waals surface area contributed by atoms with Crippen molar-refractivity contribution < 1.29 is 0 Å². The first-order valence-electron chi connectivity index (χ1n) is 6.14. The molecule has 1 fully saturated rings. The molecule has 0 radical (unpaired) electrons. The Morgan fingerprint density at radius 1 is 1.29 bits per heavy atom. The lowest BCUT2D eigenvalue weighted by Gasteiger charge is -2.12. The van der Waals surface area contributed by atoms with Crippen LogP contribution < -0.4 is 5.32 Å². The fraction of sp³-hybridized carbons (Fsp3) is 0.846. The molecule has 0 saturated heterocycles. The molecule has 1 rings (SSSR count). The van der Waals surface area contributed by atoms with E-state index in [9.17, 15) is 0 Å². The van der Waals surface area contributed by atoms with Crippen molar-refractivity contribution in [1.82, 2.24) is 5.32 Å². The van der Waals surface area contributed by atoms with Gasteiger partial charge in [0.2, 0.25) is 0 Å². The summed E-state index contributed by atoms with van der Waals surface area (Å²) in [6, 6.07) is 0. The Balaban J connectivity index is 1.82. The van der Waals surface area contributed by atoms with Crippen LogP contribution in [0.15, 0.2) is 12.7 Å². The van der Waals surface area contributed by atoms with Crippen molar-refractivity contribution >= 4 is 0 Å². The van der Waals surface area contributed by atoms with E-state index >= 15 is 0 Å². The molecule has 1 N–H and O–H groups in total. The van der Waals surface area contributed by atoms with Gasteiger partial charge in [0.25, 0.3) is 0 Å². The summed E-state index contributed by atoms with van der Waals surface area (Å²) < 4.78 is 0. The van der Waals surface area contributed by atoms with Crippen LogP contribution in [-0.4, -0.2) is 13.1 Å². The first-order chi connectivity index (χ1) is 6.83. The highest BCUT2D eigenvalue weighted by molar-refractivity contribution is 4.93. The summed E-state index contributed by atoms with van der Waals surface area (Å²) in [5, 5.41) is 3.59. The maximum absolute atomic E-state index is 3.73. The van der Waals surface area contributed by atoms with Gasteiger partial charge in [-0.1, -0.05) is 19.4 Å². The van der Waals surface area contributed by atoms with Crippen molar-refractivity contribution in [1.29, 1.82) is 0 Å². The number of rotatable bonds is 9. The molecule has 0 aromatic carbocycles. The maximum atomic E-state index is 3.73. The lowest BCUT2D eigenvalue weighted by Crippen LogP contribution is -2.24. The minimum Gasteiger partial charge on any atom is -0.316 e. The molecular formula is C13H25N. The Morgan fingerprint density at radius 3 is 2.64 bits per heavy atom. The Hall–Kier alpha value is -0.300. The van der Waals surface area contributed by atoms with Gasteiger partial charge in [0.15, 0.2) is 0 Å². The molecule has 0 bridgehead atoms. The molecule has 1 aliphatic rings. The smallest absolute Gasteiger partial charge is 0.000771 e. The van der Waals surface area contributed by atoms with Crippen molar-refractivity contribution in [2.45, 2.75) is 51.9 Å². The third-order valence-electron chi connectivity index (χ3n) is 3.47. The van der Waals surface area contributed by atoms with E-state index in [-0.39, 0.29) is 0 Å². The molecule has 0 aliphatic heterocycles. The van der Waals surface area contributed by atoms with E-state index in [1.807, 2.05) is 6.08 Å². The molecule has 0 amide bonds. The van der Waals surface area contributed by atoms with Crippen molar-refractivity contribution in [3.8, 4) is 0 Å². The molecule has 1 nitrogen and oxygen atoms in total. The Morgan fingerprint density at radius 2 is 2.07 bits per heavy atom. The summed E-state index contributed by atoms with van der Waals surface area (Å²) >= 11 is 0. The molecule has 0 atom stereocenters. The van der Waals surface area contributed by atoms with Crippen molar-refractivity contribution in [2.75, 3.05) is 13.1 Å². The van der Waals surface area contributed by atoms with E-state index in [0.717, 1.165) is 0 Å². The van der Waals surface area contributed by atoms with Gasteiger partial charge in [-0.05, 0) is 50.5 Å². The molecule has 0 aromatic rings. The fourth-order valence-corrected chi connectivity index (χ4v) is 1.90. The van der Waals surface area contributed by atoms with Gasteiger partial charge >= 0.3 is 0 Å². The number of unbranched alkanes of at least 4 members (excludes halogenated alkanes) is 3. The van der Waals surface area contributed by atoms with E-state index < -0.39 is 0 Å². The van der Waals surface area contributed by atoms with Gasteiger partial charge in [-0.3, -0.25) is 0 Å². The van der Waals surface area contributed by atoms with Gasteiger partial charge < -0.3 is 5.32 Å². The minimum absolute atomic E-state index is 0.709. The highest BCUT2D eigenvalue weighted by atomic mass is 14.9. The van der Waals surface area contributed by atoms with Crippen LogP contribution >= 0.6 is 0 Å². The number of nitrogens with one attached hydrogen (secondary N) is 1. The summed E-state index contributed by atoms with van der Waals surface area (Å²) in [5.74, 6) is 0. The molecule has 1 heteroatoms. The molecule has 1 aliphatic carbocycles. The van der Waals surface area contributed by atoms with Gasteiger partial charge in [-0.15, -0.1) is 6.58 Å². The average molecular weight is 195 g/mol. The summed E-state index contributed by atoms with van der Waals surface area (Å²) in [6.07, 6.45) is 11.4. The summed E-state index contributed by atoms with van der Waals surface area (Å²) in [4.78, 5) is 0. The largest absolute Gasteiger partial charge is 0.316 e. The van der Waals surface area contributed by atoms with Crippen LogP contribution in [0.25, 0.3) is 0 Å². The molecular weight excluding hydrogens is 170 g/mol. The number of hydrogen-bond donors (Lipinski definition) is 1. The second kappa shape index (κ2) is 6.23. The van der Waals surface area contributed by atoms with E-state index in [4.69, 9.17) is 0 Å². The average Bonchev–Trinajstić information content (AvgIpc) is 2.98. The zero-order chi connectivity index (χ0) is 10.3. The lowest BCUT2D eigenvalue weighted by atomic mass is 10.0. The van der Waals surface area contributed by atoms with Gasteiger partial charge in [-0.2, -0.15) is 0 Å². The summed E-state index contributed by atoms with van der Waals surface area (Å²) in [6.45, 7) is 8.51. The number of allylic oxidation sites excluding steroid dienone is 1. The van der Waals surface area contributed by atoms with Gasteiger partial charge in [0.1, 0.15) is 0 Å². The van der Waals surface area contributed by atoms with Crippen LogP contribution in [0, 0.1) is 5.41 Å². The van der Waals surface area contributed by atoms with Crippen molar-refractivity contribution in [3.05, 3.63) is 12.7 Å². The first-order valence-corrected chi connectivity index (χ1v) is 6.14. The lowest BCUT2D eigenvalue weighted by molar-refractivity contribution is 0.438. The Bertz CT molecular complexity index is 159. The van der Waals surface area contributed by atoms with Crippen LogP contribution in [0.4, 0.5) is 0 Å². The first kappa shape index (κ1) is 11.8. The predicted octanol–water partition coefficient (Wildman–Crippen LogP) is 3.51. The third-order valence-corrected chi connectivity index (χ3v) is 3.47. The van der Waals surface area contributed by atoms with E-state index in [0.29, 0.717) is 5.41 Å². The monoisotopic (exact) mass is 195 g/mol. The normalized spacial score (nSPS) is 18.1. The molecule has 1 saturated carbocycles. The van der Waals surface area contributed by atoms with Gasteiger partial charge in [-0.25, -0.2) is 0 Å². The van der Waals surface area contributed by atoms with Crippen LogP contribution in [0.3, 0.4) is 0 Å². The van der Waals surface area contributed by atoms with Crippen molar-refractivity contribution in [3.63, 3.8) is 0 Å². The quantitative estimate of drug-likeness (QED) is 0.438. The Labute approximate surface area is 89.0 Å². The maximum Gasteiger partial charge on any atom is 0.000771 e. The fourth-order valence-electron chi connectivity index (χ4n) is 1.90. The Kier molecular flexibility index (Phi) is 5.24. The van der Waals surface area contributed by atoms with Gasteiger partial charge in [0.05, 0.1) is 0 Å². The topological polar surface area (TPSA) is 12.0 Å². The zero-order valence-electron chi connectivity index (χ0n) is 9.65. The highest BCUT2D eigenvalue weighted by Crippen LogP contribution is 2.47. The van der Waals surface area contributed by atoms with Crippen LogP contribution in [0.2, 0.25) is 0 Å². The second-order valence-corrected chi connectivity index (χ2v) is 4.67. The van der Waals surface area contributed by atoms with E-state index in [1.165, 1.54) is 58.0 Å². The molecule has 0 aromatic heterocycles. The summed E-state index contributed by atoms with van der Waals surface area (Å²) in [5.41, 5.74) is 0.709. The molecule has 0 unspecified atom stereocenters. The van der Waals surface area contributed by atoms with Gasteiger partial charge in [0, 0.05) is 6.54 Å². The van der Waals surface area contributed by atoms with E-state index in [2.05, 4.69) is 18.8 Å². The van der Waals surface area contributed by atoms with Crippen molar-refractivity contribution in [2.24, 2.45) is 5.41 Å².